The molecule has 20 heavy (non-hydrogen) atoms. The third-order valence-corrected chi connectivity index (χ3v) is 3.96. The van der Waals surface area contributed by atoms with Crippen LogP contribution in [0.25, 0.3) is 0 Å². The molecule has 0 saturated heterocycles. The van der Waals surface area contributed by atoms with Crippen molar-refractivity contribution in [3.63, 3.8) is 0 Å². The molecule has 0 fully saturated rings. The molecule has 0 unspecified atom stereocenters. The van der Waals surface area contributed by atoms with Gasteiger partial charge in [0.15, 0.2) is 0 Å². The van der Waals surface area contributed by atoms with Crippen LogP contribution >= 0.6 is 11.3 Å². The normalized spacial score (nSPS) is 10.3. The molecule has 1 aromatic carbocycles. The van der Waals surface area contributed by atoms with Crippen molar-refractivity contribution in [3.05, 3.63) is 57.8 Å². The molecular weight excluding hydrogens is 264 g/mol. The van der Waals surface area contributed by atoms with E-state index in [9.17, 15) is 0 Å². The van der Waals surface area contributed by atoms with E-state index in [-0.39, 0.29) is 0 Å². The van der Waals surface area contributed by atoms with Gasteiger partial charge in [0.05, 0.1) is 6.54 Å². The number of hydrogen-bond acceptors (Lipinski definition) is 3. The van der Waals surface area contributed by atoms with Crippen LogP contribution in [0.3, 0.4) is 0 Å². The van der Waals surface area contributed by atoms with E-state index in [1.165, 1.54) is 10.4 Å². The van der Waals surface area contributed by atoms with Crippen LogP contribution < -0.4 is 5.73 Å². The van der Waals surface area contributed by atoms with Gasteiger partial charge in [0.25, 0.3) is 0 Å². The fourth-order valence-corrected chi connectivity index (χ4v) is 2.89. The van der Waals surface area contributed by atoms with Gasteiger partial charge in [-0.1, -0.05) is 42.2 Å². The molecule has 0 aliphatic heterocycles. The molecule has 0 aliphatic carbocycles. The number of rotatable bonds is 5. The summed E-state index contributed by atoms with van der Waals surface area (Å²) in [5.74, 6) is 5.96. The second-order valence-electron chi connectivity index (χ2n) is 4.78. The summed E-state index contributed by atoms with van der Waals surface area (Å²) in [5.41, 5.74) is 7.85. The highest BCUT2D eigenvalue weighted by Crippen LogP contribution is 2.15. The summed E-state index contributed by atoms with van der Waals surface area (Å²) < 4.78 is 0. The summed E-state index contributed by atoms with van der Waals surface area (Å²) in [6.07, 6.45) is 1.09. The molecular formula is C17H20N2S. The van der Waals surface area contributed by atoms with Crippen molar-refractivity contribution in [2.75, 3.05) is 20.1 Å². The maximum absolute atomic E-state index is 5.38. The minimum absolute atomic E-state index is 0.419. The van der Waals surface area contributed by atoms with Gasteiger partial charge >= 0.3 is 0 Å². The van der Waals surface area contributed by atoms with Gasteiger partial charge in [-0.05, 0) is 25.1 Å². The number of nitrogens with two attached hydrogens (primary N) is 1. The van der Waals surface area contributed by atoms with E-state index in [1.807, 2.05) is 0 Å². The first-order valence-corrected chi connectivity index (χ1v) is 7.64. The highest BCUT2D eigenvalue weighted by molar-refractivity contribution is 7.10. The van der Waals surface area contributed by atoms with Gasteiger partial charge in [0.1, 0.15) is 0 Å². The number of hydrogen-bond donors (Lipinski definition) is 1. The SMILES string of the molecule is CN(CCc1ccccc1)Cc1cc(C#CCN)cs1. The number of likely N-dealkylation sites (N-methyl/N-ethyl adjacent to an activating group) is 1. The molecule has 1 aromatic heterocycles. The quantitative estimate of drug-likeness (QED) is 0.856. The van der Waals surface area contributed by atoms with Crippen molar-refractivity contribution in [3.8, 4) is 11.8 Å². The zero-order valence-electron chi connectivity index (χ0n) is 11.8. The van der Waals surface area contributed by atoms with E-state index in [4.69, 9.17) is 5.73 Å². The minimum atomic E-state index is 0.419. The number of thiophene rings is 1. The van der Waals surface area contributed by atoms with E-state index in [0.717, 1.165) is 25.1 Å². The molecule has 2 nitrogen and oxygen atoms in total. The zero-order chi connectivity index (χ0) is 14.2. The molecule has 0 saturated carbocycles. The van der Waals surface area contributed by atoms with Crippen molar-refractivity contribution in [1.82, 2.24) is 4.90 Å². The average Bonchev–Trinajstić information content (AvgIpc) is 2.91. The maximum Gasteiger partial charge on any atom is 0.0555 e. The first kappa shape index (κ1) is 14.8. The second-order valence-corrected chi connectivity index (χ2v) is 5.78. The van der Waals surface area contributed by atoms with Crippen molar-refractivity contribution in [1.29, 1.82) is 0 Å². The Morgan fingerprint density at radius 1 is 1.25 bits per heavy atom. The molecule has 0 bridgehead atoms. The molecule has 2 aromatic rings. The predicted octanol–water partition coefficient (Wildman–Crippen LogP) is 2.73. The first-order valence-electron chi connectivity index (χ1n) is 6.77. The van der Waals surface area contributed by atoms with Gasteiger partial charge in [0.2, 0.25) is 0 Å². The Hall–Kier alpha value is -1.60. The Bertz CT molecular complexity index is 578. The first-order chi connectivity index (χ1) is 9.78. The van der Waals surface area contributed by atoms with Crippen LogP contribution in [-0.2, 0) is 13.0 Å². The van der Waals surface area contributed by atoms with Crippen molar-refractivity contribution in [2.24, 2.45) is 5.73 Å². The minimum Gasteiger partial charge on any atom is -0.320 e. The fourth-order valence-electron chi connectivity index (χ4n) is 1.99. The van der Waals surface area contributed by atoms with E-state index >= 15 is 0 Å². The highest BCUT2D eigenvalue weighted by atomic mass is 32.1. The summed E-state index contributed by atoms with van der Waals surface area (Å²) in [6, 6.07) is 12.8. The van der Waals surface area contributed by atoms with Gasteiger partial charge in [-0.15, -0.1) is 11.3 Å². The monoisotopic (exact) mass is 284 g/mol. The summed E-state index contributed by atoms with van der Waals surface area (Å²) in [6.45, 7) is 2.45. The fraction of sp³-hybridized carbons (Fsp3) is 0.294. The number of nitrogens with zero attached hydrogens (tertiary/aromatic N) is 1. The van der Waals surface area contributed by atoms with Gasteiger partial charge in [0, 0.05) is 28.9 Å². The third kappa shape index (κ3) is 4.82. The van der Waals surface area contributed by atoms with Crippen LogP contribution in [0.1, 0.15) is 16.0 Å². The van der Waals surface area contributed by atoms with Crippen molar-refractivity contribution in [2.45, 2.75) is 13.0 Å². The van der Waals surface area contributed by atoms with Crippen LogP contribution in [0.4, 0.5) is 0 Å². The molecule has 1 heterocycles. The smallest absolute Gasteiger partial charge is 0.0555 e. The van der Waals surface area contributed by atoms with E-state index < -0.39 is 0 Å². The molecule has 2 rings (SSSR count). The van der Waals surface area contributed by atoms with Gasteiger partial charge in [-0.2, -0.15) is 0 Å². The lowest BCUT2D eigenvalue weighted by atomic mass is 10.1. The van der Waals surface area contributed by atoms with Gasteiger partial charge in [-0.25, -0.2) is 0 Å². The van der Waals surface area contributed by atoms with E-state index in [2.05, 4.69) is 65.6 Å². The largest absolute Gasteiger partial charge is 0.320 e. The van der Waals surface area contributed by atoms with Gasteiger partial charge < -0.3 is 10.6 Å². The van der Waals surface area contributed by atoms with Crippen molar-refractivity contribution < 1.29 is 0 Å². The van der Waals surface area contributed by atoms with E-state index in [1.54, 1.807) is 11.3 Å². The lowest BCUT2D eigenvalue weighted by Crippen LogP contribution is -2.20. The summed E-state index contributed by atoms with van der Waals surface area (Å²) in [5, 5.41) is 2.10. The summed E-state index contributed by atoms with van der Waals surface area (Å²) in [7, 11) is 2.16. The summed E-state index contributed by atoms with van der Waals surface area (Å²) in [4.78, 5) is 3.70. The molecule has 0 amide bonds. The van der Waals surface area contributed by atoms with Crippen LogP contribution in [0.15, 0.2) is 41.8 Å². The zero-order valence-corrected chi connectivity index (χ0v) is 12.6. The Balaban J connectivity index is 1.82. The Kier molecular flexibility index (Phi) is 5.82. The van der Waals surface area contributed by atoms with Crippen LogP contribution in [0.2, 0.25) is 0 Å². The molecule has 2 N–H and O–H groups in total. The summed E-state index contributed by atoms with van der Waals surface area (Å²) >= 11 is 1.76. The molecule has 0 spiro atoms. The maximum atomic E-state index is 5.38. The van der Waals surface area contributed by atoms with E-state index in [0.29, 0.717) is 6.54 Å². The highest BCUT2D eigenvalue weighted by Gasteiger charge is 2.03. The molecule has 104 valence electrons. The Morgan fingerprint density at radius 2 is 2.05 bits per heavy atom. The van der Waals surface area contributed by atoms with Crippen molar-refractivity contribution >= 4 is 11.3 Å². The Labute approximate surface area is 125 Å². The third-order valence-electron chi connectivity index (χ3n) is 3.04. The van der Waals surface area contributed by atoms with Gasteiger partial charge in [-0.3, -0.25) is 0 Å². The molecule has 3 heteroatoms. The lowest BCUT2D eigenvalue weighted by Gasteiger charge is -2.15. The van der Waals surface area contributed by atoms with Crippen LogP contribution in [0, 0.1) is 11.8 Å². The second kappa shape index (κ2) is 7.86. The standard InChI is InChI=1S/C17H20N2S/c1-19(11-9-15-6-3-2-4-7-15)13-17-12-16(14-20-17)8-5-10-18/h2-4,6-7,12,14H,9-11,13,18H2,1H3. The van der Waals surface area contributed by atoms with Crippen LogP contribution in [0.5, 0.6) is 0 Å². The van der Waals surface area contributed by atoms with Crippen LogP contribution in [-0.4, -0.2) is 25.0 Å². The molecule has 0 aliphatic rings. The topological polar surface area (TPSA) is 29.3 Å². The predicted molar refractivity (Wildman–Crippen MR) is 86.7 cm³/mol. The molecule has 0 atom stereocenters. The Morgan fingerprint density at radius 3 is 2.80 bits per heavy atom. The number of benzene rings is 1. The average molecular weight is 284 g/mol. The molecule has 0 radical (unpaired) electrons. The lowest BCUT2D eigenvalue weighted by molar-refractivity contribution is 0.334.